The molecule has 2 rings (SSSR count). The van der Waals surface area contributed by atoms with Gasteiger partial charge in [-0.3, -0.25) is 0 Å². The molecule has 0 spiro atoms. The number of carbonyl (C=O) groups excluding carboxylic acids is 1. The van der Waals surface area contributed by atoms with Crippen molar-refractivity contribution in [2.24, 2.45) is 5.92 Å². The highest BCUT2D eigenvalue weighted by molar-refractivity contribution is 7.09. The lowest BCUT2D eigenvalue weighted by Crippen LogP contribution is -2.53. The van der Waals surface area contributed by atoms with Gasteiger partial charge in [0.15, 0.2) is 0 Å². The van der Waals surface area contributed by atoms with Gasteiger partial charge in [0.1, 0.15) is 5.60 Å². The number of amides is 1. The Bertz CT molecular complexity index is 520. The van der Waals surface area contributed by atoms with Crippen LogP contribution in [0.25, 0.3) is 0 Å². The number of hydrogen-bond acceptors (Lipinski definition) is 5. The molecule has 1 heterocycles. The molecule has 22 heavy (non-hydrogen) atoms. The average Bonchev–Trinajstić information content (AvgIpc) is 3.16. The molecular weight excluding hydrogens is 298 g/mol. The number of alkyl carbamates (subject to hydrolysis) is 1. The summed E-state index contributed by atoms with van der Waals surface area (Å²) in [7, 11) is 0. The standard InChI is InChI=1S/C16H27N3O2S/c1-11-19-13(9-22-11)8-18-16(5,12-6-7-12)10-17-14(20)21-15(2,3)4/h9,12,18H,6-8,10H2,1-5H3,(H,17,20). The summed E-state index contributed by atoms with van der Waals surface area (Å²) in [6.45, 7) is 11.1. The molecule has 5 nitrogen and oxygen atoms in total. The molecule has 1 aliphatic rings. The zero-order valence-corrected chi connectivity index (χ0v) is 15.0. The van der Waals surface area contributed by atoms with Crippen LogP contribution in [-0.2, 0) is 11.3 Å². The SMILES string of the molecule is Cc1nc(CNC(C)(CNC(=O)OC(C)(C)C)C2CC2)cs1. The first-order valence-corrected chi connectivity index (χ1v) is 8.69. The van der Waals surface area contributed by atoms with E-state index >= 15 is 0 Å². The van der Waals surface area contributed by atoms with Crippen LogP contribution in [-0.4, -0.2) is 28.8 Å². The van der Waals surface area contributed by atoms with E-state index in [1.807, 2.05) is 27.7 Å². The summed E-state index contributed by atoms with van der Waals surface area (Å²) in [5.41, 5.74) is 0.478. The van der Waals surface area contributed by atoms with Gasteiger partial charge >= 0.3 is 6.09 Å². The summed E-state index contributed by atoms with van der Waals surface area (Å²) < 4.78 is 5.31. The van der Waals surface area contributed by atoms with Crippen LogP contribution in [0.1, 0.15) is 51.2 Å². The molecule has 1 fully saturated rings. The van der Waals surface area contributed by atoms with Crippen LogP contribution >= 0.6 is 11.3 Å². The number of aryl methyl sites for hydroxylation is 1. The van der Waals surface area contributed by atoms with Gasteiger partial charge in [-0.15, -0.1) is 11.3 Å². The first-order chi connectivity index (χ1) is 10.2. The highest BCUT2D eigenvalue weighted by atomic mass is 32.1. The summed E-state index contributed by atoms with van der Waals surface area (Å²) in [6.07, 6.45) is 2.05. The first kappa shape index (κ1) is 17.2. The molecule has 2 N–H and O–H groups in total. The van der Waals surface area contributed by atoms with Gasteiger partial charge in [-0.2, -0.15) is 0 Å². The highest BCUT2D eigenvalue weighted by Gasteiger charge is 2.41. The normalized spacial score (nSPS) is 17.9. The Morgan fingerprint density at radius 2 is 2.09 bits per heavy atom. The number of hydrogen-bond donors (Lipinski definition) is 2. The molecule has 1 unspecified atom stereocenters. The summed E-state index contributed by atoms with van der Waals surface area (Å²) in [4.78, 5) is 16.3. The smallest absolute Gasteiger partial charge is 0.407 e. The average molecular weight is 325 g/mol. The molecule has 1 amide bonds. The topological polar surface area (TPSA) is 63.2 Å². The maximum absolute atomic E-state index is 11.9. The fourth-order valence-electron chi connectivity index (χ4n) is 2.42. The maximum Gasteiger partial charge on any atom is 0.407 e. The van der Waals surface area contributed by atoms with Gasteiger partial charge in [0.2, 0.25) is 0 Å². The van der Waals surface area contributed by atoms with Crippen LogP contribution in [0.3, 0.4) is 0 Å². The van der Waals surface area contributed by atoms with E-state index in [0.717, 1.165) is 17.2 Å². The van der Waals surface area contributed by atoms with E-state index in [-0.39, 0.29) is 11.6 Å². The van der Waals surface area contributed by atoms with Crippen molar-refractivity contribution in [3.05, 3.63) is 16.1 Å². The fourth-order valence-corrected chi connectivity index (χ4v) is 3.04. The molecule has 0 radical (unpaired) electrons. The minimum Gasteiger partial charge on any atom is -0.444 e. The van der Waals surface area contributed by atoms with Crippen LogP contribution in [0.4, 0.5) is 4.79 Å². The summed E-state index contributed by atoms with van der Waals surface area (Å²) >= 11 is 1.66. The number of thiazole rings is 1. The van der Waals surface area contributed by atoms with E-state index in [9.17, 15) is 4.79 Å². The molecule has 1 aromatic heterocycles. The Morgan fingerprint density at radius 3 is 2.59 bits per heavy atom. The predicted octanol–water partition coefficient (Wildman–Crippen LogP) is 3.23. The predicted molar refractivity (Wildman–Crippen MR) is 89.1 cm³/mol. The van der Waals surface area contributed by atoms with Crippen LogP contribution < -0.4 is 10.6 Å². The molecule has 0 aliphatic heterocycles. The lowest BCUT2D eigenvalue weighted by atomic mass is 9.95. The Hall–Kier alpha value is -1.14. The van der Waals surface area contributed by atoms with E-state index in [1.165, 1.54) is 12.8 Å². The number of ether oxygens (including phenoxy) is 1. The molecule has 0 saturated heterocycles. The number of rotatable bonds is 6. The van der Waals surface area contributed by atoms with Gasteiger partial charge in [-0.05, 0) is 53.4 Å². The largest absolute Gasteiger partial charge is 0.444 e. The van der Waals surface area contributed by atoms with E-state index in [2.05, 4.69) is 27.9 Å². The number of nitrogens with one attached hydrogen (secondary N) is 2. The molecule has 1 aromatic rings. The van der Waals surface area contributed by atoms with Crippen LogP contribution in [0, 0.1) is 12.8 Å². The third kappa shape index (κ3) is 5.25. The lowest BCUT2D eigenvalue weighted by molar-refractivity contribution is 0.0507. The second-order valence-electron chi connectivity index (χ2n) is 7.26. The van der Waals surface area contributed by atoms with Crippen LogP contribution in [0.15, 0.2) is 5.38 Å². The summed E-state index contributed by atoms with van der Waals surface area (Å²) in [5.74, 6) is 0.599. The monoisotopic (exact) mass is 325 g/mol. The Balaban J connectivity index is 1.86. The van der Waals surface area contributed by atoms with Gasteiger partial charge in [0.25, 0.3) is 0 Å². The minimum absolute atomic E-state index is 0.117. The van der Waals surface area contributed by atoms with E-state index < -0.39 is 5.60 Å². The van der Waals surface area contributed by atoms with Crippen molar-refractivity contribution < 1.29 is 9.53 Å². The van der Waals surface area contributed by atoms with Crippen molar-refractivity contribution in [1.29, 1.82) is 0 Å². The second kappa shape index (κ2) is 6.54. The van der Waals surface area contributed by atoms with Crippen molar-refractivity contribution in [3.63, 3.8) is 0 Å². The molecule has 1 aliphatic carbocycles. The van der Waals surface area contributed by atoms with Crippen LogP contribution in [0.5, 0.6) is 0 Å². The third-order valence-corrected chi connectivity index (χ3v) is 4.64. The van der Waals surface area contributed by atoms with Crippen molar-refractivity contribution in [1.82, 2.24) is 15.6 Å². The summed E-state index contributed by atoms with van der Waals surface area (Å²) in [5, 5.41) is 9.64. The van der Waals surface area contributed by atoms with E-state index in [0.29, 0.717) is 12.5 Å². The molecule has 1 atom stereocenters. The van der Waals surface area contributed by atoms with Gasteiger partial charge in [-0.25, -0.2) is 9.78 Å². The third-order valence-electron chi connectivity index (χ3n) is 3.82. The number of carbonyl (C=O) groups is 1. The van der Waals surface area contributed by atoms with Gasteiger partial charge in [0, 0.05) is 24.0 Å². The van der Waals surface area contributed by atoms with Crippen molar-refractivity contribution in [2.45, 2.75) is 65.1 Å². The number of nitrogens with zero attached hydrogens (tertiary/aromatic N) is 1. The molecule has 0 aromatic carbocycles. The molecular formula is C16H27N3O2S. The fraction of sp³-hybridized carbons (Fsp3) is 0.750. The van der Waals surface area contributed by atoms with Crippen molar-refractivity contribution >= 4 is 17.4 Å². The van der Waals surface area contributed by atoms with E-state index in [4.69, 9.17) is 4.74 Å². The molecule has 1 saturated carbocycles. The van der Waals surface area contributed by atoms with Gasteiger partial charge in [-0.1, -0.05) is 0 Å². The lowest BCUT2D eigenvalue weighted by Gasteiger charge is -2.32. The first-order valence-electron chi connectivity index (χ1n) is 7.81. The molecule has 0 bridgehead atoms. The van der Waals surface area contributed by atoms with E-state index in [1.54, 1.807) is 11.3 Å². The summed E-state index contributed by atoms with van der Waals surface area (Å²) in [6, 6.07) is 0. The molecule has 6 heteroatoms. The quantitative estimate of drug-likeness (QED) is 0.843. The zero-order valence-electron chi connectivity index (χ0n) is 14.2. The Morgan fingerprint density at radius 1 is 1.41 bits per heavy atom. The van der Waals surface area contributed by atoms with Gasteiger partial charge in [0.05, 0.1) is 10.7 Å². The van der Waals surface area contributed by atoms with Crippen LogP contribution in [0.2, 0.25) is 0 Å². The maximum atomic E-state index is 11.9. The molecule has 124 valence electrons. The zero-order chi connectivity index (χ0) is 16.4. The van der Waals surface area contributed by atoms with Crippen molar-refractivity contribution in [2.75, 3.05) is 6.54 Å². The second-order valence-corrected chi connectivity index (χ2v) is 8.32. The minimum atomic E-state index is -0.467. The number of aromatic nitrogens is 1. The van der Waals surface area contributed by atoms with Crippen molar-refractivity contribution in [3.8, 4) is 0 Å². The highest BCUT2D eigenvalue weighted by Crippen LogP contribution is 2.39. The Kier molecular flexibility index (Phi) is 5.12. The Labute approximate surface area is 136 Å². The van der Waals surface area contributed by atoms with Gasteiger partial charge < -0.3 is 15.4 Å².